The number of anilines is 1. The van der Waals surface area contributed by atoms with Crippen LogP contribution in [-0.4, -0.2) is 48.3 Å². The van der Waals surface area contributed by atoms with Gasteiger partial charge in [0.1, 0.15) is 12.3 Å². The topological polar surface area (TPSA) is 67.7 Å². The van der Waals surface area contributed by atoms with E-state index in [0.717, 1.165) is 24.2 Å². The highest BCUT2D eigenvalue weighted by atomic mass is 16.5. The molecule has 0 bridgehead atoms. The number of methoxy groups -OCH3 is 1. The Bertz CT molecular complexity index is 847. The average molecular weight is 356 g/mol. The Morgan fingerprint density at radius 3 is 2.81 bits per heavy atom. The third kappa shape index (κ3) is 3.56. The van der Waals surface area contributed by atoms with Crippen molar-refractivity contribution < 1.29 is 9.53 Å². The summed E-state index contributed by atoms with van der Waals surface area (Å²) >= 11 is 0. The van der Waals surface area contributed by atoms with Gasteiger partial charge in [0.2, 0.25) is 5.91 Å². The number of amides is 1. The second kappa shape index (κ2) is 7.59. The molecule has 1 fully saturated rings. The highest BCUT2D eigenvalue weighted by Gasteiger charge is 2.31. The standard InChI is InChI=1S/C19H24N4O3/c1-21(2)14-11-18(24)23(20-12-14)13-19(25)22-10-6-8-16(22)15-7-4-5-9-17(15)26-3/h4-5,7,9,11-12,16H,6,8,10,13H2,1-3H3/t16-/m0/s1. The molecule has 1 aromatic heterocycles. The number of hydrogen-bond acceptors (Lipinski definition) is 5. The lowest BCUT2D eigenvalue weighted by Crippen LogP contribution is -2.37. The second-order valence-corrected chi connectivity index (χ2v) is 6.59. The van der Waals surface area contributed by atoms with Gasteiger partial charge < -0.3 is 14.5 Å². The molecule has 1 aliphatic heterocycles. The minimum atomic E-state index is -0.280. The Hall–Kier alpha value is -2.83. The van der Waals surface area contributed by atoms with E-state index >= 15 is 0 Å². The molecule has 1 aromatic carbocycles. The van der Waals surface area contributed by atoms with Gasteiger partial charge in [-0.2, -0.15) is 5.10 Å². The Morgan fingerprint density at radius 2 is 2.12 bits per heavy atom. The molecule has 1 amide bonds. The summed E-state index contributed by atoms with van der Waals surface area (Å²) in [6, 6.07) is 9.22. The maximum Gasteiger partial charge on any atom is 0.269 e. The van der Waals surface area contributed by atoms with Crippen LogP contribution in [0.25, 0.3) is 0 Å². The maximum atomic E-state index is 12.8. The van der Waals surface area contributed by atoms with E-state index < -0.39 is 0 Å². The Kier molecular flexibility index (Phi) is 5.25. The van der Waals surface area contributed by atoms with Crippen LogP contribution in [0.1, 0.15) is 24.4 Å². The number of ether oxygens (including phenoxy) is 1. The molecule has 7 heteroatoms. The number of nitrogens with zero attached hydrogens (tertiary/aromatic N) is 4. The first-order valence-electron chi connectivity index (χ1n) is 8.68. The molecule has 26 heavy (non-hydrogen) atoms. The average Bonchev–Trinajstić information content (AvgIpc) is 3.12. The van der Waals surface area contributed by atoms with E-state index in [2.05, 4.69) is 5.10 Å². The lowest BCUT2D eigenvalue weighted by atomic mass is 10.0. The van der Waals surface area contributed by atoms with Gasteiger partial charge in [-0.3, -0.25) is 9.59 Å². The van der Waals surface area contributed by atoms with Crippen molar-refractivity contribution in [1.29, 1.82) is 0 Å². The number of para-hydroxylation sites is 1. The molecule has 0 radical (unpaired) electrons. The van der Waals surface area contributed by atoms with Crippen LogP contribution in [0.3, 0.4) is 0 Å². The van der Waals surface area contributed by atoms with Crippen molar-refractivity contribution >= 4 is 11.6 Å². The van der Waals surface area contributed by atoms with Crippen molar-refractivity contribution in [3.63, 3.8) is 0 Å². The van der Waals surface area contributed by atoms with E-state index in [1.54, 1.807) is 18.2 Å². The quantitative estimate of drug-likeness (QED) is 0.815. The molecule has 1 saturated heterocycles. The van der Waals surface area contributed by atoms with Crippen LogP contribution in [-0.2, 0) is 11.3 Å². The van der Waals surface area contributed by atoms with Gasteiger partial charge in [0.05, 0.1) is 25.0 Å². The van der Waals surface area contributed by atoms with Crippen LogP contribution in [0, 0.1) is 0 Å². The summed E-state index contributed by atoms with van der Waals surface area (Å²) < 4.78 is 6.66. The van der Waals surface area contributed by atoms with Crippen LogP contribution < -0.4 is 15.2 Å². The summed E-state index contributed by atoms with van der Waals surface area (Å²) in [5.41, 5.74) is 1.44. The fraction of sp³-hybridized carbons (Fsp3) is 0.421. The lowest BCUT2D eigenvalue weighted by molar-refractivity contribution is -0.133. The van der Waals surface area contributed by atoms with E-state index in [4.69, 9.17) is 4.74 Å². The number of carbonyl (C=O) groups is 1. The van der Waals surface area contributed by atoms with Crippen LogP contribution in [0.15, 0.2) is 41.3 Å². The summed E-state index contributed by atoms with van der Waals surface area (Å²) in [7, 11) is 5.32. The Labute approximate surface area is 152 Å². The molecular weight excluding hydrogens is 332 g/mol. The van der Waals surface area contributed by atoms with E-state index in [-0.39, 0.29) is 24.1 Å². The number of likely N-dealkylation sites (tertiary alicyclic amines) is 1. The molecule has 0 saturated carbocycles. The van der Waals surface area contributed by atoms with Crippen molar-refractivity contribution in [2.24, 2.45) is 0 Å². The fourth-order valence-corrected chi connectivity index (χ4v) is 3.34. The first-order chi connectivity index (χ1) is 12.5. The van der Waals surface area contributed by atoms with Gasteiger partial charge in [0.25, 0.3) is 5.56 Å². The van der Waals surface area contributed by atoms with Gasteiger partial charge in [-0.25, -0.2) is 4.68 Å². The number of benzene rings is 1. The van der Waals surface area contributed by atoms with Gasteiger partial charge in [-0.15, -0.1) is 0 Å². The van der Waals surface area contributed by atoms with Crippen molar-refractivity contribution in [3.05, 3.63) is 52.4 Å². The number of aromatic nitrogens is 2. The molecule has 0 unspecified atom stereocenters. The molecule has 138 valence electrons. The van der Waals surface area contributed by atoms with E-state index in [1.807, 2.05) is 43.3 Å². The molecule has 1 atom stereocenters. The third-order valence-electron chi connectivity index (χ3n) is 4.73. The van der Waals surface area contributed by atoms with Crippen molar-refractivity contribution in [3.8, 4) is 5.75 Å². The number of rotatable bonds is 5. The minimum absolute atomic E-state index is 0.0320. The molecule has 0 spiro atoms. The fourth-order valence-electron chi connectivity index (χ4n) is 3.34. The zero-order valence-electron chi connectivity index (χ0n) is 15.4. The van der Waals surface area contributed by atoms with Crippen molar-refractivity contribution in [2.45, 2.75) is 25.4 Å². The van der Waals surface area contributed by atoms with E-state index in [9.17, 15) is 9.59 Å². The molecule has 3 rings (SSSR count). The molecule has 2 heterocycles. The Balaban J connectivity index is 1.80. The van der Waals surface area contributed by atoms with Crippen LogP contribution >= 0.6 is 0 Å². The third-order valence-corrected chi connectivity index (χ3v) is 4.73. The summed E-state index contributed by atoms with van der Waals surface area (Å²) in [5.74, 6) is 0.674. The minimum Gasteiger partial charge on any atom is -0.496 e. The van der Waals surface area contributed by atoms with Gasteiger partial charge >= 0.3 is 0 Å². The number of carbonyl (C=O) groups excluding carboxylic acids is 1. The first kappa shape index (κ1) is 18.0. The van der Waals surface area contributed by atoms with E-state index in [0.29, 0.717) is 12.2 Å². The molecule has 1 aliphatic rings. The molecule has 0 N–H and O–H groups in total. The normalized spacial score (nSPS) is 16.6. The summed E-state index contributed by atoms with van der Waals surface area (Å²) in [6.45, 7) is 0.615. The number of hydrogen-bond donors (Lipinski definition) is 0. The largest absolute Gasteiger partial charge is 0.496 e. The predicted molar refractivity (Wildman–Crippen MR) is 99.5 cm³/mol. The molecule has 7 nitrogen and oxygen atoms in total. The Morgan fingerprint density at radius 1 is 1.35 bits per heavy atom. The van der Waals surface area contributed by atoms with Gasteiger partial charge in [-0.1, -0.05) is 18.2 Å². The maximum absolute atomic E-state index is 12.8. The molecule has 2 aromatic rings. The SMILES string of the molecule is COc1ccccc1[C@@H]1CCCN1C(=O)Cn1ncc(N(C)C)cc1=O. The summed E-state index contributed by atoms with van der Waals surface area (Å²) in [5, 5.41) is 4.13. The van der Waals surface area contributed by atoms with Crippen LogP contribution in [0.2, 0.25) is 0 Å². The van der Waals surface area contributed by atoms with Crippen molar-refractivity contribution in [1.82, 2.24) is 14.7 Å². The molecule has 0 aliphatic carbocycles. The second-order valence-electron chi connectivity index (χ2n) is 6.59. The summed E-state index contributed by atoms with van der Waals surface area (Å²) in [4.78, 5) is 28.7. The van der Waals surface area contributed by atoms with E-state index in [1.165, 1.54) is 10.7 Å². The zero-order chi connectivity index (χ0) is 18.7. The smallest absolute Gasteiger partial charge is 0.269 e. The van der Waals surface area contributed by atoms with Crippen LogP contribution in [0.5, 0.6) is 5.75 Å². The first-order valence-corrected chi connectivity index (χ1v) is 8.68. The monoisotopic (exact) mass is 356 g/mol. The highest BCUT2D eigenvalue weighted by Crippen LogP contribution is 2.36. The zero-order valence-corrected chi connectivity index (χ0v) is 15.4. The van der Waals surface area contributed by atoms with Gasteiger partial charge in [0, 0.05) is 32.3 Å². The van der Waals surface area contributed by atoms with Gasteiger partial charge in [0.15, 0.2) is 0 Å². The molecular formula is C19H24N4O3. The van der Waals surface area contributed by atoms with Gasteiger partial charge in [-0.05, 0) is 18.9 Å². The van der Waals surface area contributed by atoms with Crippen LogP contribution in [0.4, 0.5) is 5.69 Å². The highest BCUT2D eigenvalue weighted by molar-refractivity contribution is 5.77. The lowest BCUT2D eigenvalue weighted by Gasteiger charge is -2.26. The van der Waals surface area contributed by atoms with Crippen molar-refractivity contribution in [2.75, 3.05) is 32.6 Å². The predicted octanol–water partition coefficient (Wildman–Crippen LogP) is 1.68. The summed E-state index contributed by atoms with van der Waals surface area (Å²) in [6.07, 6.45) is 3.40.